The molecular formula is C13H24N2S. The van der Waals surface area contributed by atoms with E-state index in [4.69, 9.17) is 4.99 Å². The van der Waals surface area contributed by atoms with Crippen LogP contribution in [-0.4, -0.2) is 23.0 Å². The molecule has 1 aliphatic carbocycles. The summed E-state index contributed by atoms with van der Waals surface area (Å²) in [5.74, 6) is 2.13. The van der Waals surface area contributed by atoms with Crippen LogP contribution in [0, 0.1) is 5.92 Å². The van der Waals surface area contributed by atoms with Crippen LogP contribution >= 0.6 is 11.8 Å². The molecule has 0 spiro atoms. The number of amidine groups is 1. The Morgan fingerprint density at radius 3 is 3.00 bits per heavy atom. The molecule has 0 aromatic rings. The summed E-state index contributed by atoms with van der Waals surface area (Å²) in [5.41, 5.74) is 0. The van der Waals surface area contributed by atoms with E-state index in [1.165, 1.54) is 49.4 Å². The Labute approximate surface area is 104 Å². The van der Waals surface area contributed by atoms with E-state index in [-0.39, 0.29) is 0 Å². The third-order valence-corrected chi connectivity index (χ3v) is 4.66. The van der Waals surface area contributed by atoms with Crippen LogP contribution in [0.5, 0.6) is 0 Å². The van der Waals surface area contributed by atoms with Crippen molar-refractivity contribution in [3.05, 3.63) is 0 Å². The molecule has 1 N–H and O–H groups in total. The highest BCUT2D eigenvalue weighted by molar-refractivity contribution is 8.13. The largest absolute Gasteiger partial charge is 0.362 e. The van der Waals surface area contributed by atoms with Gasteiger partial charge in [0.2, 0.25) is 0 Å². The van der Waals surface area contributed by atoms with Crippen molar-refractivity contribution in [2.45, 2.75) is 64.5 Å². The van der Waals surface area contributed by atoms with Gasteiger partial charge in [-0.2, -0.15) is 0 Å². The minimum absolute atomic E-state index is 0.574. The first-order valence-corrected chi connectivity index (χ1v) is 7.73. The van der Waals surface area contributed by atoms with Crippen molar-refractivity contribution in [2.24, 2.45) is 10.9 Å². The molecular weight excluding hydrogens is 216 g/mol. The molecule has 0 aromatic heterocycles. The first-order valence-electron chi connectivity index (χ1n) is 6.75. The van der Waals surface area contributed by atoms with Crippen LogP contribution < -0.4 is 5.32 Å². The molecule has 0 aromatic carbocycles. The summed E-state index contributed by atoms with van der Waals surface area (Å²) in [7, 11) is 0. The molecule has 2 nitrogen and oxygen atoms in total. The maximum atomic E-state index is 4.79. The van der Waals surface area contributed by atoms with Gasteiger partial charge < -0.3 is 5.32 Å². The number of nitrogens with zero attached hydrogens (tertiary/aromatic N) is 1. The van der Waals surface area contributed by atoms with Gasteiger partial charge in [0, 0.05) is 11.8 Å². The number of hydrogen-bond donors (Lipinski definition) is 1. The van der Waals surface area contributed by atoms with Crippen LogP contribution in [0.4, 0.5) is 0 Å². The minimum atomic E-state index is 0.574. The average Bonchev–Trinajstić information content (AvgIpc) is 2.29. The summed E-state index contributed by atoms with van der Waals surface area (Å²) in [6.45, 7) is 4.61. The summed E-state index contributed by atoms with van der Waals surface area (Å²) in [4.78, 5) is 4.79. The first-order chi connectivity index (χ1) is 7.78. The van der Waals surface area contributed by atoms with Gasteiger partial charge >= 0.3 is 0 Å². The molecule has 0 amide bonds. The summed E-state index contributed by atoms with van der Waals surface area (Å²) in [5, 5.41) is 4.89. The zero-order valence-electron chi connectivity index (χ0n) is 10.5. The smallest absolute Gasteiger partial charge is 0.157 e. The lowest BCUT2D eigenvalue weighted by Gasteiger charge is -2.30. The van der Waals surface area contributed by atoms with Crippen molar-refractivity contribution in [3.8, 4) is 0 Å². The van der Waals surface area contributed by atoms with E-state index in [1.54, 1.807) is 0 Å². The second-order valence-corrected chi connectivity index (χ2v) is 6.33. The third-order valence-electron chi connectivity index (χ3n) is 3.72. The van der Waals surface area contributed by atoms with E-state index in [0.29, 0.717) is 12.1 Å². The summed E-state index contributed by atoms with van der Waals surface area (Å²) in [6, 6.07) is 1.26. The van der Waals surface area contributed by atoms with E-state index in [9.17, 15) is 0 Å². The lowest BCUT2D eigenvalue weighted by molar-refractivity contribution is 0.326. The van der Waals surface area contributed by atoms with Crippen molar-refractivity contribution < 1.29 is 0 Å². The predicted molar refractivity (Wildman–Crippen MR) is 73.1 cm³/mol. The molecule has 3 heteroatoms. The number of rotatable bonds is 2. The molecule has 3 atom stereocenters. The van der Waals surface area contributed by atoms with E-state index >= 15 is 0 Å². The second-order valence-electron chi connectivity index (χ2n) is 5.25. The second kappa shape index (κ2) is 5.95. The summed E-state index contributed by atoms with van der Waals surface area (Å²) >= 11 is 1.92. The first kappa shape index (κ1) is 12.3. The lowest BCUT2D eigenvalue weighted by Crippen LogP contribution is -2.38. The Kier molecular flexibility index (Phi) is 4.56. The Bertz CT molecular complexity index is 252. The number of nitrogens with one attached hydrogen (secondary N) is 1. The molecule has 1 aliphatic heterocycles. The Hall–Kier alpha value is -0.180. The fraction of sp³-hybridized carbons (Fsp3) is 0.923. The van der Waals surface area contributed by atoms with Gasteiger partial charge in [-0.05, 0) is 31.6 Å². The molecule has 16 heavy (non-hydrogen) atoms. The molecule has 0 bridgehead atoms. The fourth-order valence-corrected chi connectivity index (χ4v) is 3.73. The Morgan fingerprint density at radius 2 is 2.25 bits per heavy atom. The van der Waals surface area contributed by atoms with Crippen molar-refractivity contribution in [1.82, 2.24) is 5.32 Å². The van der Waals surface area contributed by atoms with Crippen molar-refractivity contribution in [3.63, 3.8) is 0 Å². The van der Waals surface area contributed by atoms with E-state index < -0.39 is 0 Å². The van der Waals surface area contributed by atoms with E-state index in [2.05, 4.69) is 19.2 Å². The fourth-order valence-electron chi connectivity index (χ4n) is 2.67. The molecule has 1 heterocycles. The lowest BCUT2D eigenvalue weighted by atomic mass is 9.87. The van der Waals surface area contributed by atoms with E-state index in [1.807, 2.05) is 11.8 Å². The van der Waals surface area contributed by atoms with Gasteiger partial charge in [0.1, 0.15) is 0 Å². The van der Waals surface area contributed by atoms with Crippen molar-refractivity contribution in [2.75, 3.05) is 5.75 Å². The number of aliphatic imine (C=N–C) groups is 1. The zero-order chi connectivity index (χ0) is 11.4. The average molecular weight is 240 g/mol. The standard InChI is InChI=1S/C13H24N2S/c1-3-11-7-8-16-13(14-11)15-12-6-4-5-10(2)9-12/h10-12H,3-9H2,1-2H3,(H,14,15). The van der Waals surface area contributed by atoms with Crippen LogP contribution in [0.2, 0.25) is 0 Å². The minimum Gasteiger partial charge on any atom is -0.362 e. The zero-order valence-corrected chi connectivity index (χ0v) is 11.4. The molecule has 1 fully saturated rings. The highest BCUT2D eigenvalue weighted by Crippen LogP contribution is 2.25. The van der Waals surface area contributed by atoms with Gasteiger partial charge in [0.05, 0.1) is 6.04 Å². The Balaban J connectivity index is 1.86. The van der Waals surface area contributed by atoms with Crippen molar-refractivity contribution in [1.29, 1.82) is 0 Å². The van der Waals surface area contributed by atoms with Gasteiger partial charge in [0.25, 0.3) is 0 Å². The van der Waals surface area contributed by atoms with Crippen LogP contribution in [0.15, 0.2) is 4.99 Å². The highest BCUT2D eigenvalue weighted by Gasteiger charge is 2.21. The predicted octanol–water partition coefficient (Wildman–Crippen LogP) is 3.43. The molecule has 2 aliphatic rings. The molecule has 0 radical (unpaired) electrons. The highest BCUT2D eigenvalue weighted by atomic mass is 32.2. The maximum Gasteiger partial charge on any atom is 0.157 e. The van der Waals surface area contributed by atoms with Crippen LogP contribution in [0.1, 0.15) is 52.4 Å². The van der Waals surface area contributed by atoms with Crippen molar-refractivity contribution >= 4 is 16.9 Å². The molecule has 0 saturated heterocycles. The van der Waals surface area contributed by atoms with Gasteiger partial charge in [-0.15, -0.1) is 0 Å². The number of thioether (sulfide) groups is 1. The van der Waals surface area contributed by atoms with Gasteiger partial charge in [-0.1, -0.05) is 38.5 Å². The quantitative estimate of drug-likeness (QED) is 0.799. The summed E-state index contributed by atoms with van der Waals surface area (Å²) in [6.07, 6.45) is 7.90. The van der Waals surface area contributed by atoms with Crippen LogP contribution in [-0.2, 0) is 0 Å². The SMILES string of the molecule is CCC1CCSC(NC2CCCC(C)C2)=N1. The maximum absolute atomic E-state index is 4.79. The molecule has 3 unspecified atom stereocenters. The third kappa shape index (κ3) is 3.41. The summed E-state index contributed by atoms with van der Waals surface area (Å²) < 4.78 is 0. The Morgan fingerprint density at radius 1 is 1.38 bits per heavy atom. The van der Waals surface area contributed by atoms with Gasteiger partial charge in [0.15, 0.2) is 5.17 Å². The molecule has 1 saturated carbocycles. The van der Waals surface area contributed by atoms with E-state index in [0.717, 1.165) is 5.92 Å². The topological polar surface area (TPSA) is 24.4 Å². The molecule has 92 valence electrons. The van der Waals surface area contributed by atoms with Gasteiger partial charge in [-0.3, -0.25) is 4.99 Å². The monoisotopic (exact) mass is 240 g/mol. The molecule has 2 rings (SSSR count). The van der Waals surface area contributed by atoms with Gasteiger partial charge in [-0.25, -0.2) is 0 Å². The van der Waals surface area contributed by atoms with Crippen LogP contribution in [0.25, 0.3) is 0 Å². The normalized spacial score (nSPS) is 35.6. The van der Waals surface area contributed by atoms with Crippen LogP contribution in [0.3, 0.4) is 0 Å². The number of hydrogen-bond acceptors (Lipinski definition) is 3.